The van der Waals surface area contributed by atoms with Gasteiger partial charge in [0.1, 0.15) is 6.61 Å². The van der Waals surface area contributed by atoms with E-state index in [1.807, 2.05) is 13.8 Å². The molecule has 0 spiro atoms. The van der Waals surface area contributed by atoms with E-state index in [4.69, 9.17) is 21.4 Å². The van der Waals surface area contributed by atoms with Crippen LogP contribution in [-0.4, -0.2) is 91.7 Å². The van der Waals surface area contributed by atoms with Gasteiger partial charge in [-0.15, -0.1) is 0 Å². The summed E-state index contributed by atoms with van der Waals surface area (Å²) in [5.41, 5.74) is 0. The van der Waals surface area contributed by atoms with Crippen molar-refractivity contribution in [2.45, 2.75) is 50.1 Å². The number of β-amino-alcohol motifs (C(OH)–C–C–N with tert-alkyl or cyclic N) is 1. The van der Waals surface area contributed by atoms with Crippen molar-refractivity contribution in [3.05, 3.63) is 29.3 Å². The number of nitrogens with zero attached hydrogens (tertiary/aromatic N) is 3. The van der Waals surface area contributed by atoms with E-state index < -0.39 is 22.2 Å². The Labute approximate surface area is 196 Å². The molecule has 3 rings (SSSR count). The monoisotopic (exact) mass is 487 g/mol. The van der Waals surface area contributed by atoms with Crippen LogP contribution >= 0.6 is 11.6 Å². The number of ether oxygens (including phenoxy) is 1. The number of piperidine rings is 1. The Hall–Kier alpha value is -1.39. The van der Waals surface area contributed by atoms with Crippen molar-refractivity contribution in [3.63, 3.8) is 0 Å². The number of sulfonamides is 1. The molecule has 2 aliphatic rings. The summed E-state index contributed by atoms with van der Waals surface area (Å²) in [4.78, 5) is 16.6. The first-order valence-corrected chi connectivity index (χ1v) is 13.1. The van der Waals surface area contributed by atoms with E-state index in [1.54, 1.807) is 21.3 Å². The van der Waals surface area contributed by atoms with Crippen molar-refractivity contribution in [1.82, 2.24) is 14.1 Å². The summed E-state index contributed by atoms with van der Waals surface area (Å²) < 4.78 is 34.3. The van der Waals surface area contributed by atoms with Crippen molar-refractivity contribution < 1.29 is 23.1 Å². The molecule has 8 nitrogen and oxygen atoms in total. The number of aliphatic hydroxyl groups excluding tert-OH is 1. The average molecular weight is 488 g/mol. The fourth-order valence-electron chi connectivity index (χ4n) is 4.53. The Morgan fingerprint density at radius 1 is 1.16 bits per heavy atom. The molecule has 0 aromatic heterocycles. The lowest BCUT2D eigenvalue weighted by Gasteiger charge is -2.42. The Morgan fingerprint density at radius 2 is 1.81 bits per heavy atom. The van der Waals surface area contributed by atoms with Gasteiger partial charge in [-0.25, -0.2) is 13.2 Å². The molecule has 2 aliphatic heterocycles. The van der Waals surface area contributed by atoms with Crippen molar-refractivity contribution in [2.24, 2.45) is 5.92 Å². The zero-order chi connectivity index (χ0) is 23.3. The van der Waals surface area contributed by atoms with E-state index in [-0.39, 0.29) is 30.1 Å². The minimum absolute atomic E-state index is 0.0335. The molecule has 180 valence electrons. The number of rotatable bonds is 7. The maximum atomic E-state index is 13.6. The van der Waals surface area contributed by atoms with Crippen LogP contribution in [0.25, 0.3) is 0 Å². The van der Waals surface area contributed by atoms with Gasteiger partial charge in [-0.2, -0.15) is 4.31 Å². The predicted octanol–water partition coefficient (Wildman–Crippen LogP) is 2.65. The second kappa shape index (κ2) is 11.2. The standard InChI is InChI=1S/C22H34ClN3O5S/c1-17(2)21-5-3-4-19(26(21)32(29,30)20-8-6-18(23)7-9-20)16-31-22(28)25-12-10-24(11-13-25)14-15-27/h6-9,17,19,21,27H,3-5,10-16H2,1-2H3/t19-,21+/m0/s1. The van der Waals surface area contributed by atoms with Gasteiger partial charge in [0.2, 0.25) is 10.0 Å². The summed E-state index contributed by atoms with van der Waals surface area (Å²) in [5, 5.41) is 9.54. The van der Waals surface area contributed by atoms with Crippen LogP contribution in [0.5, 0.6) is 0 Å². The smallest absolute Gasteiger partial charge is 0.409 e. The number of piperazine rings is 1. The highest BCUT2D eigenvalue weighted by atomic mass is 35.5. The molecular formula is C22H34ClN3O5S. The number of hydrogen-bond acceptors (Lipinski definition) is 6. The van der Waals surface area contributed by atoms with Crippen LogP contribution in [0, 0.1) is 5.92 Å². The van der Waals surface area contributed by atoms with E-state index in [0.717, 1.165) is 12.8 Å². The van der Waals surface area contributed by atoms with Crippen LogP contribution in [0.1, 0.15) is 33.1 Å². The lowest BCUT2D eigenvalue weighted by molar-refractivity contribution is 0.0417. The number of amides is 1. The summed E-state index contributed by atoms with van der Waals surface area (Å²) in [5.74, 6) is 0.134. The van der Waals surface area contributed by atoms with Crippen LogP contribution < -0.4 is 0 Å². The van der Waals surface area contributed by atoms with Crippen molar-refractivity contribution >= 4 is 27.7 Å². The Bertz CT molecular complexity index is 857. The molecule has 1 amide bonds. The number of halogens is 1. The Kier molecular flexibility index (Phi) is 8.80. The van der Waals surface area contributed by atoms with Crippen molar-refractivity contribution in [1.29, 1.82) is 0 Å². The molecule has 2 heterocycles. The van der Waals surface area contributed by atoms with Crippen LogP contribution in [-0.2, 0) is 14.8 Å². The molecule has 0 radical (unpaired) electrons. The number of hydrogen-bond donors (Lipinski definition) is 1. The summed E-state index contributed by atoms with van der Waals surface area (Å²) in [6.07, 6.45) is 1.90. The van der Waals surface area contributed by atoms with Crippen LogP contribution in [0.3, 0.4) is 0 Å². The lowest BCUT2D eigenvalue weighted by Crippen LogP contribution is -2.54. The quantitative estimate of drug-likeness (QED) is 0.636. The molecule has 0 unspecified atom stereocenters. The molecule has 0 bridgehead atoms. The topological polar surface area (TPSA) is 90.4 Å². The van der Waals surface area contributed by atoms with Crippen LogP contribution in [0.15, 0.2) is 29.2 Å². The Balaban J connectivity index is 1.71. The first kappa shape index (κ1) is 25.2. The summed E-state index contributed by atoms with van der Waals surface area (Å²) in [7, 11) is -3.77. The first-order chi connectivity index (χ1) is 15.2. The van der Waals surface area contributed by atoms with Gasteiger partial charge in [0.15, 0.2) is 0 Å². The van der Waals surface area contributed by atoms with Gasteiger partial charge in [0.25, 0.3) is 0 Å². The second-order valence-corrected chi connectivity index (χ2v) is 11.1. The highest BCUT2D eigenvalue weighted by Gasteiger charge is 2.41. The van der Waals surface area contributed by atoms with Gasteiger partial charge >= 0.3 is 6.09 Å². The normalized spacial score (nSPS) is 23.5. The SMILES string of the molecule is CC(C)[C@H]1CCC[C@@H](COC(=O)N2CCN(CCO)CC2)N1S(=O)(=O)c1ccc(Cl)cc1. The van der Waals surface area contributed by atoms with Gasteiger partial charge < -0.3 is 14.7 Å². The average Bonchev–Trinajstić information content (AvgIpc) is 2.78. The maximum Gasteiger partial charge on any atom is 0.409 e. The third-order valence-electron chi connectivity index (χ3n) is 6.33. The molecule has 2 saturated heterocycles. The van der Waals surface area contributed by atoms with Crippen LogP contribution in [0.4, 0.5) is 4.79 Å². The van der Waals surface area contributed by atoms with Gasteiger partial charge in [-0.1, -0.05) is 31.9 Å². The number of carbonyl (C=O) groups is 1. The minimum atomic E-state index is -3.77. The van der Waals surface area contributed by atoms with Crippen LogP contribution in [0.2, 0.25) is 5.02 Å². The summed E-state index contributed by atoms with van der Waals surface area (Å²) >= 11 is 5.95. The molecule has 1 aromatic rings. The third-order valence-corrected chi connectivity index (χ3v) is 8.57. The summed E-state index contributed by atoms with van der Waals surface area (Å²) in [6, 6.07) is 5.64. The Morgan fingerprint density at radius 3 is 2.41 bits per heavy atom. The van der Waals surface area contributed by atoms with E-state index in [0.29, 0.717) is 44.2 Å². The third kappa shape index (κ3) is 5.94. The zero-order valence-electron chi connectivity index (χ0n) is 18.8. The molecule has 10 heteroatoms. The van der Waals surface area contributed by atoms with Gasteiger partial charge in [0, 0.05) is 43.8 Å². The molecule has 0 saturated carbocycles. The fraction of sp³-hybridized carbons (Fsp3) is 0.682. The van der Waals surface area contributed by atoms with Gasteiger partial charge in [-0.05, 0) is 43.0 Å². The number of benzene rings is 1. The highest BCUT2D eigenvalue weighted by molar-refractivity contribution is 7.89. The molecule has 2 atom stereocenters. The van der Waals surface area contributed by atoms with Gasteiger partial charge in [-0.3, -0.25) is 4.90 Å². The van der Waals surface area contributed by atoms with E-state index in [9.17, 15) is 13.2 Å². The second-order valence-electron chi connectivity index (χ2n) is 8.81. The summed E-state index contributed by atoms with van der Waals surface area (Å²) in [6.45, 7) is 7.21. The highest BCUT2D eigenvalue weighted by Crippen LogP contribution is 2.34. The molecule has 1 aromatic carbocycles. The predicted molar refractivity (Wildman–Crippen MR) is 123 cm³/mol. The largest absolute Gasteiger partial charge is 0.448 e. The first-order valence-electron chi connectivity index (χ1n) is 11.3. The molecular weight excluding hydrogens is 454 g/mol. The maximum absolute atomic E-state index is 13.6. The lowest BCUT2D eigenvalue weighted by atomic mass is 9.91. The molecule has 1 N–H and O–H groups in total. The van der Waals surface area contributed by atoms with E-state index in [1.165, 1.54) is 12.1 Å². The van der Waals surface area contributed by atoms with Gasteiger partial charge in [0.05, 0.1) is 17.5 Å². The molecule has 32 heavy (non-hydrogen) atoms. The fourth-order valence-corrected chi connectivity index (χ4v) is 6.64. The van der Waals surface area contributed by atoms with Crippen molar-refractivity contribution in [2.75, 3.05) is 45.9 Å². The minimum Gasteiger partial charge on any atom is -0.448 e. The van der Waals surface area contributed by atoms with E-state index >= 15 is 0 Å². The molecule has 0 aliphatic carbocycles. The van der Waals surface area contributed by atoms with E-state index in [2.05, 4.69) is 4.90 Å². The number of carbonyl (C=O) groups excluding carboxylic acids is 1. The zero-order valence-corrected chi connectivity index (χ0v) is 20.4. The van der Waals surface area contributed by atoms with Crippen molar-refractivity contribution in [3.8, 4) is 0 Å². The number of aliphatic hydroxyl groups is 1. The molecule has 2 fully saturated rings.